The molecule has 0 saturated carbocycles. The number of piperazine rings is 1. The molecule has 1 unspecified atom stereocenters. The van der Waals surface area contributed by atoms with Crippen LogP contribution in [0, 0.1) is 5.82 Å². The van der Waals surface area contributed by atoms with Gasteiger partial charge in [-0.15, -0.1) is 0 Å². The third kappa shape index (κ3) is 3.41. The molecule has 1 aliphatic heterocycles. The molecule has 2 rings (SSSR count). The van der Waals surface area contributed by atoms with Gasteiger partial charge in [0.2, 0.25) is 0 Å². The molecule has 1 atom stereocenters. The summed E-state index contributed by atoms with van der Waals surface area (Å²) in [7, 11) is 0. The van der Waals surface area contributed by atoms with E-state index in [2.05, 4.69) is 9.80 Å². The molecule has 5 heteroatoms. The van der Waals surface area contributed by atoms with Crippen LogP contribution in [0.5, 0.6) is 0 Å². The van der Waals surface area contributed by atoms with E-state index in [9.17, 15) is 9.50 Å². The largest absolute Gasteiger partial charge is 0.394 e. The van der Waals surface area contributed by atoms with Crippen LogP contribution in [0.1, 0.15) is 0 Å². The fourth-order valence-electron chi connectivity index (χ4n) is 2.20. The molecule has 1 aromatic rings. The van der Waals surface area contributed by atoms with Gasteiger partial charge in [0.25, 0.3) is 0 Å². The molecule has 0 aromatic heterocycles. The summed E-state index contributed by atoms with van der Waals surface area (Å²) in [6.45, 7) is 3.70. The normalized spacial score (nSPS) is 18.9. The second-order valence-electron chi connectivity index (χ2n) is 4.60. The van der Waals surface area contributed by atoms with Crippen LogP contribution >= 0.6 is 0 Å². The first kappa shape index (κ1) is 13.3. The van der Waals surface area contributed by atoms with Gasteiger partial charge < -0.3 is 15.1 Å². The van der Waals surface area contributed by atoms with Crippen LogP contribution in [-0.4, -0.2) is 60.5 Å². The van der Waals surface area contributed by atoms with E-state index in [4.69, 9.17) is 5.11 Å². The van der Waals surface area contributed by atoms with Gasteiger partial charge in [-0.3, -0.25) is 4.90 Å². The zero-order valence-corrected chi connectivity index (χ0v) is 10.3. The third-order valence-electron chi connectivity index (χ3n) is 3.24. The van der Waals surface area contributed by atoms with Crippen LogP contribution in [0.3, 0.4) is 0 Å². The first-order chi connectivity index (χ1) is 8.69. The van der Waals surface area contributed by atoms with E-state index in [1.807, 2.05) is 0 Å². The number of nitrogens with zero attached hydrogens (tertiary/aromatic N) is 2. The summed E-state index contributed by atoms with van der Waals surface area (Å²) in [6, 6.07) is 6.51. The maximum absolute atomic E-state index is 12.8. The first-order valence-electron chi connectivity index (χ1n) is 6.21. The second-order valence-corrected chi connectivity index (χ2v) is 4.60. The molecule has 1 fully saturated rings. The molecular formula is C13H19FN2O2. The third-order valence-corrected chi connectivity index (χ3v) is 3.24. The van der Waals surface area contributed by atoms with Crippen molar-refractivity contribution in [3.8, 4) is 0 Å². The molecule has 1 aromatic carbocycles. The highest BCUT2D eigenvalue weighted by atomic mass is 19.1. The average molecular weight is 254 g/mol. The monoisotopic (exact) mass is 254 g/mol. The Labute approximate surface area is 106 Å². The Kier molecular flexibility index (Phi) is 4.52. The lowest BCUT2D eigenvalue weighted by Gasteiger charge is -2.36. The van der Waals surface area contributed by atoms with E-state index >= 15 is 0 Å². The molecule has 0 amide bonds. The number of halogens is 1. The molecule has 0 aliphatic carbocycles. The van der Waals surface area contributed by atoms with Crippen molar-refractivity contribution >= 4 is 5.69 Å². The smallest absolute Gasteiger partial charge is 0.123 e. The number of rotatable bonds is 4. The van der Waals surface area contributed by atoms with E-state index in [-0.39, 0.29) is 12.4 Å². The van der Waals surface area contributed by atoms with Gasteiger partial charge in [0.05, 0.1) is 12.7 Å². The van der Waals surface area contributed by atoms with Gasteiger partial charge >= 0.3 is 0 Å². The predicted molar refractivity (Wildman–Crippen MR) is 68.1 cm³/mol. The number of benzene rings is 1. The van der Waals surface area contributed by atoms with Gasteiger partial charge in [-0.1, -0.05) is 0 Å². The maximum Gasteiger partial charge on any atom is 0.123 e. The minimum absolute atomic E-state index is 0.196. The van der Waals surface area contributed by atoms with Crippen LogP contribution in [0.4, 0.5) is 10.1 Å². The SMILES string of the molecule is OCC(O)CN1CCN(c2ccc(F)cc2)CC1. The standard InChI is InChI=1S/C13H19FN2O2/c14-11-1-3-12(4-2-11)16-7-5-15(6-8-16)9-13(18)10-17/h1-4,13,17-18H,5-10H2. The fraction of sp³-hybridized carbons (Fsp3) is 0.538. The number of aliphatic hydroxyl groups excluding tert-OH is 2. The summed E-state index contributed by atoms with van der Waals surface area (Å²) in [4.78, 5) is 4.32. The molecule has 0 radical (unpaired) electrons. The van der Waals surface area contributed by atoms with Crippen LogP contribution < -0.4 is 4.90 Å². The Morgan fingerprint density at radius 1 is 1.11 bits per heavy atom. The quantitative estimate of drug-likeness (QED) is 0.811. The van der Waals surface area contributed by atoms with Crippen molar-refractivity contribution in [3.63, 3.8) is 0 Å². The van der Waals surface area contributed by atoms with Crippen LogP contribution in [0.2, 0.25) is 0 Å². The van der Waals surface area contributed by atoms with Gasteiger partial charge in [-0.05, 0) is 24.3 Å². The molecule has 0 spiro atoms. The van der Waals surface area contributed by atoms with E-state index in [1.54, 1.807) is 12.1 Å². The lowest BCUT2D eigenvalue weighted by atomic mass is 10.2. The molecule has 2 N–H and O–H groups in total. The van der Waals surface area contributed by atoms with Crippen molar-refractivity contribution in [1.29, 1.82) is 0 Å². The van der Waals surface area contributed by atoms with Crippen molar-refractivity contribution in [3.05, 3.63) is 30.1 Å². The van der Waals surface area contributed by atoms with E-state index in [1.165, 1.54) is 12.1 Å². The van der Waals surface area contributed by atoms with Gasteiger partial charge in [-0.2, -0.15) is 0 Å². The molecule has 4 nitrogen and oxygen atoms in total. The number of aliphatic hydroxyl groups is 2. The molecule has 0 bridgehead atoms. The Morgan fingerprint density at radius 2 is 1.72 bits per heavy atom. The summed E-state index contributed by atoms with van der Waals surface area (Å²) in [5.41, 5.74) is 1.03. The van der Waals surface area contributed by atoms with Crippen molar-refractivity contribution in [2.24, 2.45) is 0 Å². The molecule has 1 heterocycles. The maximum atomic E-state index is 12.8. The Morgan fingerprint density at radius 3 is 2.28 bits per heavy atom. The van der Waals surface area contributed by atoms with Gasteiger partial charge in [0, 0.05) is 38.4 Å². The van der Waals surface area contributed by atoms with Crippen molar-refractivity contribution in [2.75, 3.05) is 44.2 Å². The van der Waals surface area contributed by atoms with Crippen LogP contribution in [0.15, 0.2) is 24.3 Å². The lowest BCUT2D eigenvalue weighted by Crippen LogP contribution is -2.49. The topological polar surface area (TPSA) is 46.9 Å². The molecule has 1 saturated heterocycles. The minimum Gasteiger partial charge on any atom is -0.394 e. The van der Waals surface area contributed by atoms with Crippen LogP contribution in [0.25, 0.3) is 0 Å². The molecule has 100 valence electrons. The highest BCUT2D eigenvalue weighted by Gasteiger charge is 2.18. The van der Waals surface area contributed by atoms with E-state index < -0.39 is 6.10 Å². The number of anilines is 1. The zero-order chi connectivity index (χ0) is 13.0. The summed E-state index contributed by atoms with van der Waals surface area (Å²) < 4.78 is 12.8. The fourth-order valence-corrected chi connectivity index (χ4v) is 2.20. The Bertz CT molecular complexity index is 364. The van der Waals surface area contributed by atoms with Crippen molar-refractivity contribution < 1.29 is 14.6 Å². The number of β-amino-alcohol motifs (C(OH)–C–C–N with tert-alkyl or cyclic N) is 1. The summed E-state index contributed by atoms with van der Waals surface area (Å²) in [5.74, 6) is -0.219. The average Bonchev–Trinajstić information content (AvgIpc) is 2.40. The van der Waals surface area contributed by atoms with Crippen molar-refractivity contribution in [1.82, 2.24) is 4.90 Å². The Hall–Kier alpha value is -1.17. The van der Waals surface area contributed by atoms with E-state index in [0.717, 1.165) is 31.9 Å². The Balaban J connectivity index is 1.84. The second kappa shape index (κ2) is 6.13. The summed E-state index contributed by atoms with van der Waals surface area (Å²) in [6.07, 6.45) is -0.664. The minimum atomic E-state index is -0.664. The lowest BCUT2D eigenvalue weighted by molar-refractivity contribution is 0.0575. The van der Waals surface area contributed by atoms with E-state index in [0.29, 0.717) is 6.54 Å². The van der Waals surface area contributed by atoms with Gasteiger partial charge in [-0.25, -0.2) is 4.39 Å². The molecule has 18 heavy (non-hydrogen) atoms. The predicted octanol–water partition coefficient (Wildman–Crippen LogP) is 0.301. The highest BCUT2D eigenvalue weighted by Crippen LogP contribution is 2.16. The van der Waals surface area contributed by atoms with Gasteiger partial charge in [0.1, 0.15) is 5.82 Å². The van der Waals surface area contributed by atoms with Gasteiger partial charge in [0.15, 0.2) is 0 Å². The highest BCUT2D eigenvalue weighted by molar-refractivity contribution is 5.46. The first-order valence-corrected chi connectivity index (χ1v) is 6.21. The summed E-state index contributed by atoms with van der Waals surface area (Å²) in [5, 5.41) is 18.2. The summed E-state index contributed by atoms with van der Waals surface area (Å²) >= 11 is 0. The number of hydrogen-bond acceptors (Lipinski definition) is 4. The van der Waals surface area contributed by atoms with Crippen molar-refractivity contribution in [2.45, 2.75) is 6.10 Å². The number of hydrogen-bond donors (Lipinski definition) is 2. The zero-order valence-electron chi connectivity index (χ0n) is 10.3. The molecular weight excluding hydrogens is 235 g/mol. The molecule has 1 aliphatic rings. The van der Waals surface area contributed by atoms with Crippen LogP contribution in [-0.2, 0) is 0 Å².